The number of nitrogens with one attached hydrogen (secondary N) is 3. The second-order valence-electron chi connectivity index (χ2n) is 7.85. The number of rotatable bonds is 6. The van der Waals surface area contributed by atoms with E-state index >= 15 is 0 Å². The minimum atomic E-state index is -0.0386. The lowest BCUT2D eigenvalue weighted by Crippen LogP contribution is -2.37. The first-order valence-electron chi connectivity index (χ1n) is 10.5. The molecular formula is C21H27ClN6O2. The number of carbonyl (C=O) groups excluding carboxylic acids is 1. The van der Waals surface area contributed by atoms with E-state index < -0.39 is 0 Å². The van der Waals surface area contributed by atoms with Crippen molar-refractivity contribution in [1.29, 1.82) is 0 Å². The number of hydrogen-bond donors (Lipinski definition) is 3. The van der Waals surface area contributed by atoms with Gasteiger partial charge in [-0.15, -0.1) is 5.10 Å². The molecule has 2 aromatic rings. The van der Waals surface area contributed by atoms with Crippen molar-refractivity contribution in [2.45, 2.75) is 25.7 Å². The Hall–Kier alpha value is -2.29. The minimum Gasteiger partial charge on any atom is -0.381 e. The summed E-state index contributed by atoms with van der Waals surface area (Å²) < 4.78 is 5.41. The van der Waals surface area contributed by atoms with Crippen LogP contribution in [0.15, 0.2) is 24.5 Å². The molecule has 1 amide bonds. The Balaban J connectivity index is 1.45. The van der Waals surface area contributed by atoms with Gasteiger partial charge in [-0.25, -0.2) is 4.98 Å². The molecule has 2 aromatic heterocycles. The molecular weight excluding hydrogens is 404 g/mol. The van der Waals surface area contributed by atoms with Crippen molar-refractivity contribution in [3.63, 3.8) is 0 Å². The van der Waals surface area contributed by atoms with Gasteiger partial charge in [-0.1, -0.05) is 11.6 Å². The SMILES string of the molecule is O=C(Nc1cc(-c2cnnc(NCC3CCOCC3)c2)c(Cl)cn1)[C@@H]1CCCNC1. The monoisotopic (exact) mass is 430 g/mol. The molecule has 30 heavy (non-hydrogen) atoms. The zero-order valence-electron chi connectivity index (χ0n) is 16.9. The average Bonchev–Trinajstić information content (AvgIpc) is 2.80. The molecule has 2 aliphatic heterocycles. The smallest absolute Gasteiger partial charge is 0.229 e. The molecule has 0 aliphatic carbocycles. The Bertz CT molecular complexity index is 868. The van der Waals surface area contributed by atoms with E-state index in [1.165, 1.54) is 0 Å². The highest BCUT2D eigenvalue weighted by Gasteiger charge is 2.21. The third-order valence-electron chi connectivity index (χ3n) is 5.65. The molecule has 0 bridgehead atoms. The third kappa shape index (κ3) is 5.44. The molecule has 4 rings (SSSR count). The van der Waals surface area contributed by atoms with Crippen molar-refractivity contribution in [3.8, 4) is 11.1 Å². The number of aromatic nitrogens is 3. The lowest BCUT2D eigenvalue weighted by molar-refractivity contribution is -0.120. The summed E-state index contributed by atoms with van der Waals surface area (Å²) >= 11 is 6.40. The van der Waals surface area contributed by atoms with Crippen LogP contribution in [0.25, 0.3) is 11.1 Å². The summed E-state index contributed by atoms with van der Waals surface area (Å²) in [7, 11) is 0. The van der Waals surface area contributed by atoms with Crippen molar-refractivity contribution >= 4 is 29.1 Å². The van der Waals surface area contributed by atoms with Gasteiger partial charge in [-0.05, 0) is 50.3 Å². The van der Waals surface area contributed by atoms with Gasteiger partial charge < -0.3 is 20.7 Å². The van der Waals surface area contributed by atoms with Gasteiger partial charge >= 0.3 is 0 Å². The lowest BCUT2D eigenvalue weighted by atomic mass is 9.99. The maximum atomic E-state index is 12.5. The number of pyridine rings is 1. The minimum absolute atomic E-state index is 0.0188. The second kappa shape index (κ2) is 10.1. The van der Waals surface area contributed by atoms with E-state index in [0.29, 0.717) is 29.1 Å². The Morgan fingerprint density at radius 2 is 2.07 bits per heavy atom. The number of nitrogens with zero attached hydrogens (tertiary/aromatic N) is 3. The molecule has 1 atom stereocenters. The highest BCUT2D eigenvalue weighted by molar-refractivity contribution is 6.33. The maximum Gasteiger partial charge on any atom is 0.229 e. The van der Waals surface area contributed by atoms with Gasteiger partial charge in [-0.3, -0.25) is 4.79 Å². The van der Waals surface area contributed by atoms with E-state index in [1.54, 1.807) is 18.5 Å². The predicted molar refractivity (Wildman–Crippen MR) is 117 cm³/mol. The molecule has 2 aliphatic rings. The number of carbonyl (C=O) groups is 1. The molecule has 3 N–H and O–H groups in total. The maximum absolute atomic E-state index is 12.5. The van der Waals surface area contributed by atoms with E-state index in [9.17, 15) is 4.79 Å². The van der Waals surface area contributed by atoms with E-state index in [4.69, 9.17) is 16.3 Å². The number of piperidine rings is 1. The normalized spacial score (nSPS) is 20.0. The van der Waals surface area contributed by atoms with Crippen molar-refractivity contribution in [1.82, 2.24) is 20.5 Å². The van der Waals surface area contributed by atoms with Gasteiger partial charge in [0.05, 0.1) is 17.1 Å². The van der Waals surface area contributed by atoms with Gasteiger partial charge in [0, 0.05) is 43.6 Å². The van der Waals surface area contributed by atoms with Gasteiger partial charge in [0.25, 0.3) is 0 Å². The van der Waals surface area contributed by atoms with Gasteiger partial charge in [0.15, 0.2) is 0 Å². The molecule has 4 heterocycles. The Kier molecular flexibility index (Phi) is 7.09. The standard InChI is InChI=1S/C21H27ClN6O2/c22-18-13-25-19(27-21(29)15-2-1-5-23-11-15)9-17(18)16-8-20(28-26-12-16)24-10-14-3-6-30-7-4-14/h8-9,12-15,23H,1-7,10-11H2,(H,24,28)(H,25,27,29)/t15-/m1/s1. The summed E-state index contributed by atoms with van der Waals surface area (Å²) in [5, 5.41) is 18.3. The number of hydrogen-bond acceptors (Lipinski definition) is 7. The van der Waals surface area contributed by atoms with E-state index in [1.807, 2.05) is 6.07 Å². The molecule has 2 saturated heterocycles. The molecule has 8 nitrogen and oxygen atoms in total. The molecule has 160 valence electrons. The topological polar surface area (TPSA) is 101 Å². The summed E-state index contributed by atoms with van der Waals surface area (Å²) in [5.41, 5.74) is 1.58. The van der Waals surface area contributed by atoms with E-state index in [-0.39, 0.29) is 11.8 Å². The van der Waals surface area contributed by atoms with E-state index in [2.05, 4.69) is 31.1 Å². The highest BCUT2D eigenvalue weighted by Crippen LogP contribution is 2.30. The van der Waals surface area contributed by atoms with Crippen LogP contribution in [-0.4, -0.2) is 53.9 Å². The van der Waals surface area contributed by atoms with Gasteiger partial charge in [0.1, 0.15) is 11.6 Å². The molecule has 9 heteroatoms. The number of ether oxygens (including phenoxy) is 1. The molecule has 0 saturated carbocycles. The van der Waals surface area contributed by atoms with Crippen LogP contribution in [0.3, 0.4) is 0 Å². The Morgan fingerprint density at radius 1 is 1.20 bits per heavy atom. The number of anilines is 2. The average molecular weight is 431 g/mol. The highest BCUT2D eigenvalue weighted by atomic mass is 35.5. The van der Waals surface area contributed by atoms with Gasteiger partial charge in [-0.2, -0.15) is 5.10 Å². The van der Waals surface area contributed by atoms with Crippen molar-refractivity contribution < 1.29 is 9.53 Å². The predicted octanol–water partition coefficient (Wildman–Crippen LogP) is 2.97. The zero-order valence-corrected chi connectivity index (χ0v) is 17.6. The first kappa shape index (κ1) is 21.0. The Labute approximate surface area is 181 Å². The fourth-order valence-corrected chi connectivity index (χ4v) is 4.04. The molecule has 2 fully saturated rings. The summed E-state index contributed by atoms with van der Waals surface area (Å²) in [6.45, 7) is 4.13. The van der Waals surface area contributed by atoms with Crippen LogP contribution in [0, 0.1) is 11.8 Å². The summed E-state index contributed by atoms with van der Waals surface area (Å²) in [5.74, 6) is 1.70. The fourth-order valence-electron chi connectivity index (χ4n) is 3.83. The molecule has 0 unspecified atom stereocenters. The quantitative estimate of drug-likeness (QED) is 0.647. The summed E-state index contributed by atoms with van der Waals surface area (Å²) in [4.78, 5) is 16.8. The van der Waals surface area contributed by atoms with Crippen LogP contribution in [-0.2, 0) is 9.53 Å². The summed E-state index contributed by atoms with van der Waals surface area (Å²) in [6, 6.07) is 3.71. The second-order valence-corrected chi connectivity index (χ2v) is 8.26. The van der Waals surface area contributed by atoms with Crippen LogP contribution >= 0.6 is 11.6 Å². The molecule has 0 spiro atoms. The van der Waals surface area contributed by atoms with E-state index in [0.717, 1.165) is 63.1 Å². The zero-order chi connectivity index (χ0) is 20.8. The van der Waals surface area contributed by atoms with Crippen molar-refractivity contribution in [2.75, 3.05) is 43.5 Å². The van der Waals surface area contributed by atoms with Crippen LogP contribution < -0.4 is 16.0 Å². The fraction of sp³-hybridized carbons (Fsp3) is 0.524. The first-order valence-corrected chi connectivity index (χ1v) is 10.9. The lowest BCUT2D eigenvalue weighted by Gasteiger charge is -2.22. The number of halogens is 1. The van der Waals surface area contributed by atoms with Crippen LogP contribution in [0.5, 0.6) is 0 Å². The van der Waals surface area contributed by atoms with Crippen LogP contribution in [0.4, 0.5) is 11.6 Å². The largest absolute Gasteiger partial charge is 0.381 e. The third-order valence-corrected chi connectivity index (χ3v) is 5.95. The summed E-state index contributed by atoms with van der Waals surface area (Å²) in [6.07, 6.45) is 7.21. The first-order chi connectivity index (χ1) is 14.7. The van der Waals surface area contributed by atoms with Gasteiger partial charge in [0.2, 0.25) is 5.91 Å². The Morgan fingerprint density at radius 3 is 2.87 bits per heavy atom. The van der Waals surface area contributed by atoms with Crippen LogP contribution in [0.1, 0.15) is 25.7 Å². The molecule has 0 aromatic carbocycles. The van der Waals surface area contributed by atoms with Crippen LogP contribution in [0.2, 0.25) is 5.02 Å². The van der Waals surface area contributed by atoms with Crippen molar-refractivity contribution in [2.24, 2.45) is 11.8 Å². The van der Waals surface area contributed by atoms with Crippen molar-refractivity contribution in [3.05, 3.63) is 29.5 Å². The molecule has 0 radical (unpaired) electrons. The number of amides is 1.